The maximum Gasteiger partial charge on any atom is 0.257 e. The molecule has 28 heavy (non-hydrogen) atoms. The number of hydrogen-bond acceptors (Lipinski definition) is 3. The maximum absolute atomic E-state index is 14.3. The minimum atomic E-state index is -0.561. The lowest BCUT2D eigenvalue weighted by molar-refractivity contribution is 0.0953. The van der Waals surface area contributed by atoms with Crippen LogP contribution in [0.3, 0.4) is 0 Å². The van der Waals surface area contributed by atoms with Gasteiger partial charge in [0.05, 0.1) is 10.6 Å². The summed E-state index contributed by atoms with van der Waals surface area (Å²) in [6.45, 7) is 2.02. The molecule has 4 rings (SSSR count). The minimum Gasteiger partial charge on any atom is -0.361 e. The molecule has 0 unspecified atom stereocenters. The van der Waals surface area contributed by atoms with Crippen molar-refractivity contribution in [2.75, 3.05) is 6.54 Å². The highest BCUT2D eigenvalue weighted by molar-refractivity contribution is 6.33. The number of benzene rings is 2. The van der Waals surface area contributed by atoms with Gasteiger partial charge in [0.15, 0.2) is 0 Å². The van der Waals surface area contributed by atoms with Crippen LogP contribution in [0.2, 0.25) is 5.02 Å². The van der Waals surface area contributed by atoms with Gasteiger partial charge in [-0.1, -0.05) is 41.0 Å². The standard InChI is InChI=1S/C21H17ClFN3O2/c1-12-18(20(26-28-12)19-15(22)6-4-7-16(19)23)21(27)24-10-9-13-11-25-17-8-3-2-5-14(13)17/h2-8,11,25H,9-10H2,1H3,(H,24,27). The lowest BCUT2D eigenvalue weighted by atomic mass is 10.0. The van der Waals surface area contributed by atoms with E-state index < -0.39 is 5.82 Å². The van der Waals surface area contributed by atoms with Crippen molar-refractivity contribution in [1.82, 2.24) is 15.5 Å². The van der Waals surface area contributed by atoms with E-state index in [-0.39, 0.29) is 27.8 Å². The van der Waals surface area contributed by atoms with Gasteiger partial charge in [0, 0.05) is 23.6 Å². The molecule has 0 aliphatic carbocycles. The summed E-state index contributed by atoms with van der Waals surface area (Å²) in [4.78, 5) is 16.0. The summed E-state index contributed by atoms with van der Waals surface area (Å²) in [7, 11) is 0. The molecule has 0 aliphatic heterocycles. The van der Waals surface area contributed by atoms with Crippen LogP contribution in [0.15, 0.2) is 53.2 Å². The van der Waals surface area contributed by atoms with Crippen molar-refractivity contribution >= 4 is 28.4 Å². The number of H-pyrrole nitrogens is 1. The van der Waals surface area contributed by atoms with Gasteiger partial charge in [-0.25, -0.2) is 4.39 Å². The Labute approximate surface area is 165 Å². The van der Waals surface area contributed by atoms with E-state index in [0.717, 1.165) is 16.5 Å². The first-order valence-electron chi connectivity index (χ1n) is 8.80. The fraction of sp³-hybridized carbons (Fsp3) is 0.143. The number of aryl methyl sites for hydroxylation is 1. The van der Waals surface area contributed by atoms with Gasteiger partial charge in [0.25, 0.3) is 5.91 Å². The predicted octanol–water partition coefficient (Wildman–Crippen LogP) is 4.90. The molecular weight excluding hydrogens is 381 g/mol. The largest absolute Gasteiger partial charge is 0.361 e. The van der Waals surface area contributed by atoms with Gasteiger partial charge in [0.2, 0.25) is 0 Å². The highest BCUT2D eigenvalue weighted by Crippen LogP contribution is 2.33. The Hall–Kier alpha value is -3.12. The highest BCUT2D eigenvalue weighted by atomic mass is 35.5. The van der Waals surface area contributed by atoms with Crippen molar-refractivity contribution in [3.63, 3.8) is 0 Å². The average molecular weight is 398 g/mol. The number of carbonyl (C=O) groups is 1. The summed E-state index contributed by atoms with van der Waals surface area (Å²) >= 11 is 6.12. The Morgan fingerprint density at radius 1 is 1.25 bits per heavy atom. The Morgan fingerprint density at radius 3 is 2.89 bits per heavy atom. The molecule has 2 heterocycles. The van der Waals surface area contributed by atoms with Crippen LogP contribution in [0, 0.1) is 12.7 Å². The van der Waals surface area contributed by atoms with Gasteiger partial charge in [0.1, 0.15) is 22.8 Å². The van der Waals surface area contributed by atoms with Crippen LogP contribution in [0.1, 0.15) is 21.7 Å². The molecule has 2 aromatic carbocycles. The molecule has 0 aliphatic rings. The number of amides is 1. The number of nitrogens with zero attached hydrogens (tertiary/aromatic N) is 1. The minimum absolute atomic E-state index is 0.0581. The Bertz CT molecular complexity index is 1150. The number of para-hydroxylation sites is 1. The number of hydrogen-bond donors (Lipinski definition) is 2. The van der Waals surface area contributed by atoms with Crippen molar-refractivity contribution in [2.45, 2.75) is 13.3 Å². The summed E-state index contributed by atoms with van der Waals surface area (Å²) < 4.78 is 19.4. The second kappa shape index (κ2) is 7.48. The van der Waals surface area contributed by atoms with Crippen molar-refractivity contribution in [3.05, 3.63) is 76.4 Å². The molecule has 142 valence electrons. The molecule has 0 bridgehead atoms. The first kappa shape index (κ1) is 18.3. The summed E-state index contributed by atoms with van der Waals surface area (Å²) in [5.74, 6) is -0.638. The fourth-order valence-corrected chi connectivity index (χ4v) is 3.52. The van der Waals surface area contributed by atoms with E-state index in [1.54, 1.807) is 13.0 Å². The SMILES string of the molecule is Cc1onc(-c2c(F)cccc2Cl)c1C(=O)NCCc1c[nH]c2ccccc12. The zero-order chi connectivity index (χ0) is 19.7. The monoisotopic (exact) mass is 397 g/mol. The molecular formula is C21H17ClFN3O2. The van der Waals surface area contributed by atoms with E-state index in [4.69, 9.17) is 16.1 Å². The van der Waals surface area contributed by atoms with Crippen molar-refractivity contribution in [1.29, 1.82) is 0 Å². The normalized spacial score (nSPS) is 11.1. The first-order valence-corrected chi connectivity index (χ1v) is 9.18. The van der Waals surface area contributed by atoms with E-state index in [0.29, 0.717) is 18.7 Å². The maximum atomic E-state index is 14.3. The van der Waals surface area contributed by atoms with Gasteiger partial charge in [-0.15, -0.1) is 0 Å². The Kier molecular flexibility index (Phi) is 4.88. The molecule has 5 nitrogen and oxygen atoms in total. The second-order valence-electron chi connectivity index (χ2n) is 6.42. The third-order valence-corrected chi connectivity index (χ3v) is 4.96. The molecule has 2 aromatic heterocycles. The molecule has 1 amide bonds. The third-order valence-electron chi connectivity index (χ3n) is 4.64. The Morgan fingerprint density at radius 2 is 2.07 bits per heavy atom. The lowest BCUT2D eigenvalue weighted by Crippen LogP contribution is -2.26. The summed E-state index contributed by atoms with van der Waals surface area (Å²) in [5, 5.41) is 8.01. The number of rotatable bonds is 5. The fourth-order valence-electron chi connectivity index (χ4n) is 3.27. The van der Waals surface area contributed by atoms with Crippen LogP contribution < -0.4 is 5.32 Å². The van der Waals surface area contributed by atoms with Crippen LogP contribution in [-0.4, -0.2) is 22.6 Å². The van der Waals surface area contributed by atoms with E-state index in [2.05, 4.69) is 15.5 Å². The summed E-state index contributed by atoms with van der Waals surface area (Å²) in [5.41, 5.74) is 2.50. The van der Waals surface area contributed by atoms with E-state index in [9.17, 15) is 9.18 Å². The molecule has 4 aromatic rings. The van der Waals surface area contributed by atoms with Crippen LogP contribution in [-0.2, 0) is 6.42 Å². The zero-order valence-corrected chi connectivity index (χ0v) is 15.8. The van der Waals surface area contributed by atoms with Gasteiger partial charge in [-0.05, 0) is 37.1 Å². The molecule has 0 spiro atoms. The number of aromatic amines is 1. The quantitative estimate of drug-likeness (QED) is 0.503. The van der Waals surface area contributed by atoms with Gasteiger partial charge in [-0.3, -0.25) is 4.79 Å². The van der Waals surface area contributed by atoms with Gasteiger partial charge >= 0.3 is 0 Å². The molecule has 0 fully saturated rings. The Balaban J connectivity index is 1.54. The van der Waals surface area contributed by atoms with Gasteiger partial charge in [-0.2, -0.15) is 0 Å². The number of halogens is 2. The summed E-state index contributed by atoms with van der Waals surface area (Å²) in [6, 6.07) is 12.3. The average Bonchev–Trinajstić information content (AvgIpc) is 3.26. The first-order chi connectivity index (χ1) is 13.6. The molecule has 0 atom stereocenters. The van der Waals surface area contributed by atoms with Crippen molar-refractivity contribution in [2.24, 2.45) is 0 Å². The third kappa shape index (κ3) is 3.27. The lowest BCUT2D eigenvalue weighted by Gasteiger charge is -2.07. The molecule has 7 heteroatoms. The number of aromatic nitrogens is 2. The van der Waals surface area contributed by atoms with Gasteiger partial charge < -0.3 is 14.8 Å². The zero-order valence-electron chi connectivity index (χ0n) is 15.1. The number of carbonyl (C=O) groups excluding carboxylic acids is 1. The van der Waals surface area contributed by atoms with Crippen molar-refractivity contribution in [3.8, 4) is 11.3 Å². The topological polar surface area (TPSA) is 70.9 Å². The van der Waals surface area contributed by atoms with Crippen LogP contribution in [0.4, 0.5) is 4.39 Å². The smallest absolute Gasteiger partial charge is 0.257 e. The molecule has 0 saturated carbocycles. The number of fused-ring (bicyclic) bond motifs is 1. The van der Waals surface area contributed by atoms with Crippen LogP contribution in [0.25, 0.3) is 22.2 Å². The van der Waals surface area contributed by atoms with E-state index in [1.165, 1.54) is 12.1 Å². The second-order valence-corrected chi connectivity index (χ2v) is 6.83. The van der Waals surface area contributed by atoms with E-state index in [1.807, 2.05) is 30.5 Å². The molecule has 2 N–H and O–H groups in total. The van der Waals surface area contributed by atoms with E-state index >= 15 is 0 Å². The van der Waals surface area contributed by atoms with Crippen LogP contribution in [0.5, 0.6) is 0 Å². The molecule has 0 saturated heterocycles. The van der Waals surface area contributed by atoms with Crippen molar-refractivity contribution < 1.29 is 13.7 Å². The highest BCUT2D eigenvalue weighted by Gasteiger charge is 2.25. The summed E-state index contributed by atoms with van der Waals surface area (Å²) in [6.07, 6.45) is 2.59. The predicted molar refractivity (Wildman–Crippen MR) is 106 cm³/mol. The van der Waals surface area contributed by atoms with Crippen LogP contribution >= 0.6 is 11.6 Å². The number of nitrogens with one attached hydrogen (secondary N) is 2. The molecule has 0 radical (unpaired) electrons.